The standard InChI is InChI=1S/C22H18F4N2O3S/c1-13-17(4-3-5-19(13)23)18-6-7-27-11-20(18)28-21(29)15-8-14(12-32(2,30)31)9-16(10-15)22(24,25)26/h3-11H,12H2,1-2H3,(H,28,29). The molecule has 3 rings (SSSR count). The smallest absolute Gasteiger partial charge is 0.320 e. The molecule has 0 fully saturated rings. The van der Waals surface area contributed by atoms with E-state index < -0.39 is 39.1 Å². The number of sulfone groups is 1. The molecule has 1 aromatic heterocycles. The van der Waals surface area contributed by atoms with Gasteiger partial charge in [0, 0.05) is 23.6 Å². The van der Waals surface area contributed by atoms with Crippen molar-refractivity contribution in [2.75, 3.05) is 11.6 Å². The molecular weight excluding hydrogens is 448 g/mol. The average molecular weight is 466 g/mol. The van der Waals surface area contributed by atoms with Gasteiger partial charge < -0.3 is 5.32 Å². The Hall–Kier alpha value is -3.27. The molecule has 0 atom stereocenters. The molecule has 10 heteroatoms. The molecule has 0 saturated heterocycles. The minimum Gasteiger partial charge on any atom is -0.320 e. The third-order valence-corrected chi connectivity index (χ3v) is 5.50. The van der Waals surface area contributed by atoms with Crippen molar-refractivity contribution in [3.63, 3.8) is 0 Å². The second-order valence-electron chi connectivity index (χ2n) is 7.27. The lowest BCUT2D eigenvalue weighted by atomic mass is 9.99. The Labute approximate surface area is 182 Å². The minimum absolute atomic E-state index is 0.160. The topological polar surface area (TPSA) is 76.1 Å². The number of nitrogens with one attached hydrogen (secondary N) is 1. The Morgan fingerprint density at radius 2 is 1.81 bits per heavy atom. The van der Waals surface area contributed by atoms with Crippen molar-refractivity contribution < 1.29 is 30.8 Å². The van der Waals surface area contributed by atoms with Gasteiger partial charge in [0.2, 0.25) is 0 Å². The number of alkyl halides is 3. The van der Waals surface area contributed by atoms with Crippen LogP contribution in [0.25, 0.3) is 11.1 Å². The van der Waals surface area contributed by atoms with Crippen molar-refractivity contribution in [3.8, 4) is 11.1 Å². The summed E-state index contributed by atoms with van der Waals surface area (Å²) in [6.07, 6.45) is -1.16. The second kappa shape index (κ2) is 8.70. The summed E-state index contributed by atoms with van der Waals surface area (Å²) >= 11 is 0. The number of halogens is 4. The highest BCUT2D eigenvalue weighted by molar-refractivity contribution is 7.89. The molecule has 2 aromatic carbocycles. The van der Waals surface area contributed by atoms with Gasteiger partial charge in [-0.2, -0.15) is 13.2 Å². The maximum absolute atomic E-state index is 14.0. The maximum Gasteiger partial charge on any atom is 0.416 e. The number of aromatic nitrogens is 1. The fourth-order valence-electron chi connectivity index (χ4n) is 3.20. The number of hydrogen-bond acceptors (Lipinski definition) is 4. The van der Waals surface area contributed by atoms with Gasteiger partial charge in [-0.1, -0.05) is 12.1 Å². The Bertz CT molecular complexity index is 1290. The van der Waals surface area contributed by atoms with Crippen molar-refractivity contribution >= 4 is 21.4 Å². The highest BCUT2D eigenvalue weighted by Gasteiger charge is 2.32. The number of carbonyl (C=O) groups excluding carboxylic acids is 1. The molecule has 1 amide bonds. The monoisotopic (exact) mass is 466 g/mol. The molecule has 1 heterocycles. The molecule has 0 unspecified atom stereocenters. The van der Waals surface area contributed by atoms with Crippen LogP contribution in [0.2, 0.25) is 0 Å². The quantitative estimate of drug-likeness (QED) is 0.537. The summed E-state index contributed by atoms with van der Waals surface area (Å²) in [5, 5.41) is 2.50. The van der Waals surface area contributed by atoms with Gasteiger partial charge in [0.15, 0.2) is 9.84 Å². The Kier molecular flexibility index (Phi) is 6.36. The van der Waals surface area contributed by atoms with Gasteiger partial charge in [-0.05, 0) is 53.9 Å². The van der Waals surface area contributed by atoms with Crippen LogP contribution in [0.15, 0.2) is 54.9 Å². The molecule has 0 aliphatic heterocycles. The number of pyridine rings is 1. The van der Waals surface area contributed by atoms with E-state index in [1.807, 2.05) is 0 Å². The summed E-state index contributed by atoms with van der Waals surface area (Å²) in [5.41, 5.74) is -0.296. The van der Waals surface area contributed by atoms with E-state index in [2.05, 4.69) is 10.3 Å². The van der Waals surface area contributed by atoms with Gasteiger partial charge in [-0.3, -0.25) is 9.78 Å². The number of benzene rings is 2. The van der Waals surface area contributed by atoms with Crippen LogP contribution in [-0.2, 0) is 21.8 Å². The molecule has 168 valence electrons. The largest absolute Gasteiger partial charge is 0.416 e. The Morgan fingerprint density at radius 1 is 1.09 bits per heavy atom. The lowest BCUT2D eigenvalue weighted by Crippen LogP contribution is -2.16. The van der Waals surface area contributed by atoms with E-state index in [-0.39, 0.29) is 16.8 Å². The van der Waals surface area contributed by atoms with Crippen LogP contribution < -0.4 is 5.32 Å². The summed E-state index contributed by atoms with van der Waals surface area (Å²) < 4.78 is 77.1. The van der Waals surface area contributed by atoms with Gasteiger partial charge in [0.05, 0.1) is 23.2 Å². The molecule has 5 nitrogen and oxygen atoms in total. The summed E-state index contributed by atoms with van der Waals surface area (Å²) in [5.74, 6) is -2.01. The van der Waals surface area contributed by atoms with E-state index in [9.17, 15) is 30.8 Å². The predicted octanol–water partition coefficient (Wildman–Crippen LogP) is 5.01. The summed E-state index contributed by atoms with van der Waals surface area (Å²) in [4.78, 5) is 16.7. The van der Waals surface area contributed by atoms with E-state index in [0.29, 0.717) is 28.8 Å². The summed E-state index contributed by atoms with van der Waals surface area (Å²) in [6.45, 7) is 1.56. The second-order valence-corrected chi connectivity index (χ2v) is 9.41. The van der Waals surface area contributed by atoms with Crippen molar-refractivity contribution in [2.45, 2.75) is 18.9 Å². The lowest BCUT2D eigenvalue weighted by Gasteiger charge is -2.15. The van der Waals surface area contributed by atoms with E-state index >= 15 is 0 Å². The lowest BCUT2D eigenvalue weighted by molar-refractivity contribution is -0.137. The van der Waals surface area contributed by atoms with Gasteiger partial charge >= 0.3 is 6.18 Å². The van der Waals surface area contributed by atoms with Crippen molar-refractivity contribution in [2.24, 2.45) is 0 Å². The normalized spacial score (nSPS) is 11.9. The van der Waals surface area contributed by atoms with Crippen LogP contribution in [0.5, 0.6) is 0 Å². The fourth-order valence-corrected chi connectivity index (χ4v) is 3.97. The molecule has 1 N–H and O–H groups in total. The zero-order valence-electron chi connectivity index (χ0n) is 17.0. The van der Waals surface area contributed by atoms with Gasteiger partial charge in [-0.15, -0.1) is 0 Å². The van der Waals surface area contributed by atoms with E-state index in [0.717, 1.165) is 12.3 Å². The number of anilines is 1. The van der Waals surface area contributed by atoms with Crippen LogP contribution >= 0.6 is 0 Å². The minimum atomic E-state index is -4.78. The van der Waals surface area contributed by atoms with Gasteiger partial charge in [-0.25, -0.2) is 12.8 Å². The number of hydrogen-bond donors (Lipinski definition) is 1. The van der Waals surface area contributed by atoms with E-state index in [4.69, 9.17) is 0 Å². The highest BCUT2D eigenvalue weighted by Crippen LogP contribution is 2.33. The molecule has 32 heavy (non-hydrogen) atoms. The van der Waals surface area contributed by atoms with E-state index in [1.54, 1.807) is 19.1 Å². The molecule has 0 saturated carbocycles. The average Bonchev–Trinajstić information content (AvgIpc) is 2.68. The number of rotatable bonds is 5. The van der Waals surface area contributed by atoms with Crippen molar-refractivity contribution in [3.05, 3.63) is 82.9 Å². The first-order chi connectivity index (χ1) is 14.8. The number of nitrogens with zero attached hydrogens (tertiary/aromatic N) is 1. The molecule has 0 bridgehead atoms. The van der Waals surface area contributed by atoms with Gasteiger partial charge in [0.1, 0.15) is 5.82 Å². The van der Waals surface area contributed by atoms with Crippen LogP contribution in [0.1, 0.15) is 27.0 Å². The Balaban J connectivity index is 2.03. The number of carbonyl (C=O) groups is 1. The third-order valence-electron chi connectivity index (χ3n) is 4.64. The third kappa shape index (κ3) is 5.50. The summed E-state index contributed by atoms with van der Waals surface area (Å²) in [7, 11) is -3.64. The first-order valence-electron chi connectivity index (χ1n) is 9.25. The van der Waals surface area contributed by atoms with Crippen molar-refractivity contribution in [1.82, 2.24) is 4.98 Å². The van der Waals surface area contributed by atoms with Crippen LogP contribution in [0, 0.1) is 12.7 Å². The fraction of sp³-hybridized carbons (Fsp3) is 0.182. The predicted molar refractivity (Wildman–Crippen MR) is 112 cm³/mol. The molecule has 3 aromatic rings. The van der Waals surface area contributed by atoms with E-state index in [1.165, 1.54) is 24.5 Å². The van der Waals surface area contributed by atoms with Crippen LogP contribution in [0.3, 0.4) is 0 Å². The molecule has 0 spiro atoms. The zero-order valence-corrected chi connectivity index (χ0v) is 17.8. The zero-order chi connectivity index (χ0) is 23.7. The summed E-state index contributed by atoms with van der Waals surface area (Å²) in [6, 6.07) is 8.39. The first kappa shape index (κ1) is 23.4. The first-order valence-corrected chi connectivity index (χ1v) is 11.3. The Morgan fingerprint density at radius 3 is 2.47 bits per heavy atom. The highest BCUT2D eigenvalue weighted by atomic mass is 32.2. The maximum atomic E-state index is 14.0. The molecular formula is C22H18F4N2O3S. The molecule has 0 aliphatic carbocycles. The molecule has 0 aliphatic rings. The van der Waals surface area contributed by atoms with Gasteiger partial charge in [0.25, 0.3) is 5.91 Å². The van der Waals surface area contributed by atoms with Crippen LogP contribution in [0.4, 0.5) is 23.2 Å². The number of amides is 1. The molecule has 0 radical (unpaired) electrons. The van der Waals surface area contributed by atoms with Crippen LogP contribution in [-0.4, -0.2) is 25.6 Å². The SMILES string of the molecule is Cc1c(F)cccc1-c1ccncc1NC(=O)c1cc(CS(C)(=O)=O)cc(C(F)(F)F)c1. The van der Waals surface area contributed by atoms with Crippen molar-refractivity contribution in [1.29, 1.82) is 0 Å².